The van der Waals surface area contributed by atoms with Crippen molar-refractivity contribution in [2.75, 3.05) is 46.1 Å². The zero-order valence-corrected chi connectivity index (χ0v) is 18.8. The monoisotopic (exact) mass is 432 g/mol. The van der Waals surface area contributed by atoms with Crippen molar-refractivity contribution < 1.29 is 13.2 Å². The number of hydrogen-bond donors (Lipinski definition) is 2. The normalized spacial score (nSPS) is 17.2. The summed E-state index contributed by atoms with van der Waals surface area (Å²) in [4.78, 5) is 15.0. The van der Waals surface area contributed by atoms with E-state index >= 15 is 0 Å². The summed E-state index contributed by atoms with van der Waals surface area (Å²) in [6, 6.07) is 6.14. The van der Waals surface area contributed by atoms with E-state index in [2.05, 4.69) is 15.5 Å². The van der Waals surface area contributed by atoms with Gasteiger partial charge < -0.3 is 10.6 Å². The summed E-state index contributed by atoms with van der Waals surface area (Å²) in [7, 11) is 1.43. The molecule has 1 atom stereocenters. The van der Waals surface area contributed by atoms with Gasteiger partial charge in [0.15, 0.2) is 0 Å². The molecule has 0 aromatic heterocycles. The minimum absolute atomic E-state index is 0. The van der Waals surface area contributed by atoms with Crippen molar-refractivity contribution in [1.82, 2.24) is 14.5 Å². The molecular formula is C19H33ClN4O3S. The summed E-state index contributed by atoms with van der Waals surface area (Å²) in [5.41, 5.74) is 0.499. The number of nitrogens with one attached hydrogen (secondary N) is 2. The highest BCUT2D eigenvalue weighted by Gasteiger charge is 2.26. The van der Waals surface area contributed by atoms with E-state index in [1.54, 1.807) is 12.1 Å². The Morgan fingerprint density at radius 1 is 1.29 bits per heavy atom. The quantitative estimate of drug-likeness (QED) is 0.656. The second kappa shape index (κ2) is 11.1. The Morgan fingerprint density at radius 3 is 2.50 bits per heavy atom. The highest BCUT2D eigenvalue weighted by atomic mass is 35.5. The first-order valence-corrected chi connectivity index (χ1v) is 10.9. The van der Waals surface area contributed by atoms with Gasteiger partial charge in [0.25, 0.3) is 0 Å². The number of amides is 1. The standard InChI is InChI=1S/C19H32N4O3S.ClH/c1-15(23-12-9-16(10-13-23)8-11-20-2)19(24)21-17-6-5-7-18(14-17)27(25,26)22(3)4;/h5-7,14-16,20H,8-13H2,1-4H3,(H,21,24);1H. The summed E-state index contributed by atoms with van der Waals surface area (Å²) in [5, 5.41) is 6.06. The van der Waals surface area contributed by atoms with Gasteiger partial charge in [-0.25, -0.2) is 12.7 Å². The van der Waals surface area contributed by atoms with Crippen LogP contribution in [0, 0.1) is 5.92 Å². The number of rotatable bonds is 8. The maximum Gasteiger partial charge on any atom is 0.242 e. The Labute approximate surface area is 175 Å². The third-order valence-electron chi connectivity index (χ3n) is 5.26. The molecule has 28 heavy (non-hydrogen) atoms. The average Bonchev–Trinajstić information content (AvgIpc) is 2.66. The molecule has 0 aliphatic carbocycles. The highest BCUT2D eigenvalue weighted by molar-refractivity contribution is 7.89. The van der Waals surface area contributed by atoms with Crippen LogP contribution in [0.25, 0.3) is 0 Å². The fraction of sp³-hybridized carbons (Fsp3) is 0.632. The van der Waals surface area contributed by atoms with E-state index in [9.17, 15) is 13.2 Å². The predicted molar refractivity (Wildman–Crippen MR) is 115 cm³/mol. The fourth-order valence-corrected chi connectivity index (χ4v) is 4.28. The Kier molecular flexibility index (Phi) is 9.86. The van der Waals surface area contributed by atoms with Crippen molar-refractivity contribution in [3.8, 4) is 0 Å². The molecule has 2 rings (SSSR count). The van der Waals surface area contributed by atoms with Gasteiger partial charge >= 0.3 is 0 Å². The Morgan fingerprint density at radius 2 is 1.93 bits per heavy atom. The van der Waals surface area contributed by atoms with Crippen LogP contribution < -0.4 is 10.6 Å². The number of sulfonamides is 1. The van der Waals surface area contributed by atoms with Crippen LogP contribution in [0.4, 0.5) is 5.69 Å². The minimum atomic E-state index is -3.52. The van der Waals surface area contributed by atoms with Gasteiger partial charge in [-0.3, -0.25) is 9.69 Å². The molecule has 1 aliphatic heterocycles. The number of carbonyl (C=O) groups excluding carboxylic acids is 1. The largest absolute Gasteiger partial charge is 0.325 e. The van der Waals surface area contributed by atoms with Crippen molar-refractivity contribution in [2.45, 2.75) is 37.1 Å². The topological polar surface area (TPSA) is 81.8 Å². The second-order valence-corrected chi connectivity index (χ2v) is 9.50. The van der Waals surface area contributed by atoms with Gasteiger partial charge in [0.2, 0.25) is 15.9 Å². The molecule has 2 N–H and O–H groups in total. The first-order chi connectivity index (χ1) is 12.8. The molecule has 0 spiro atoms. The van der Waals surface area contributed by atoms with Crippen LogP contribution in [0.1, 0.15) is 26.2 Å². The van der Waals surface area contributed by atoms with Gasteiger partial charge in [-0.1, -0.05) is 6.07 Å². The van der Waals surface area contributed by atoms with Crippen molar-refractivity contribution in [3.05, 3.63) is 24.3 Å². The van der Waals surface area contributed by atoms with E-state index in [0.717, 1.165) is 42.7 Å². The molecule has 7 nitrogen and oxygen atoms in total. The van der Waals surface area contributed by atoms with Gasteiger partial charge in [-0.05, 0) is 77.0 Å². The molecule has 1 fully saturated rings. The van der Waals surface area contributed by atoms with Crippen LogP contribution >= 0.6 is 12.4 Å². The number of hydrogen-bond acceptors (Lipinski definition) is 5. The predicted octanol–water partition coefficient (Wildman–Crippen LogP) is 2.01. The first kappa shape index (κ1) is 24.8. The van der Waals surface area contributed by atoms with Crippen molar-refractivity contribution in [2.24, 2.45) is 5.92 Å². The lowest BCUT2D eigenvalue weighted by Gasteiger charge is -2.35. The number of likely N-dealkylation sites (tertiary alicyclic amines) is 1. The number of benzene rings is 1. The van der Waals surface area contributed by atoms with Gasteiger partial charge in [0.05, 0.1) is 10.9 Å². The minimum Gasteiger partial charge on any atom is -0.325 e. The van der Waals surface area contributed by atoms with Crippen LogP contribution in [0.2, 0.25) is 0 Å². The van der Waals surface area contributed by atoms with Crippen LogP contribution in [0.15, 0.2) is 29.2 Å². The van der Waals surface area contributed by atoms with Crippen molar-refractivity contribution in [3.63, 3.8) is 0 Å². The number of anilines is 1. The van der Waals surface area contributed by atoms with E-state index < -0.39 is 10.0 Å². The maximum absolute atomic E-state index is 12.6. The van der Waals surface area contributed by atoms with Crippen LogP contribution in [-0.2, 0) is 14.8 Å². The van der Waals surface area contributed by atoms with Gasteiger partial charge in [-0.2, -0.15) is 0 Å². The molecule has 1 heterocycles. The molecular weight excluding hydrogens is 400 g/mol. The van der Waals surface area contributed by atoms with Gasteiger partial charge in [0, 0.05) is 19.8 Å². The molecule has 0 radical (unpaired) electrons. The second-order valence-electron chi connectivity index (χ2n) is 7.35. The SMILES string of the molecule is CNCCC1CCN(C(C)C(=O)Nc2cccc(S(=O)(=O)N(C)C)c2)CC1.Cl. The number of piperidine rings is 1. The molecule has 160 valence electrons. The number of nitrogens with zero attached hydrogens (tertiary/aromatic N) is 2. The molecule has 1 aliphatic rings. The van der Waals surface area contributed by atoms with E-state index in [-0.39, 0.29) is 29.3 Å². The Bertz CT molecular complexity index is 734. The molecule has 1 aromatic carbocycles. The van der Waals surface area contributed by atoms with Crippen LogP contribution in [0.3, 0.4) is 0 Å². The third kappa shape index (κ3) is 6.42. The summed E-state index contributed by atoms with van der Waals surface area (Å²) < 4.78 is 25.7. The Balaban J connectivity index is 0.00000392. The molecule has 0 bridgehead atoms. The lowest BCUT2D eigenvalue weighted by molar-refractivity contribution is -0.121. The average molecular weight is 433 g/mol. The highest BCUT2D eigenvalue weighted by Crippen LogP contribution is 2.23. The Hall–Kier alpha value is -1.19. The summed E-state index contributed by atoms with van der Waals surface area (Å²) in [6.45, 7) is 4.77. The maximum atomic E-state index is 12.6. The van der Waals surface area contributed by atoms with E-state index in [1.807, 2.05) is 14.0 Å². The summed E-state index contributed by atoms with van der Waals surface area (Å²) in [6.07, 6.45) is 3.39. The molecule has 1 amide bonds. The molecule has 1 aromatic rings. The molecule has 0 saturated carbocycles. The lowest BCUT2D eigenvalue weighted by Crippen LogP contribution is -2.46. The first-order valence-electron chi connectivity index (χ1n) is 9.47. The zero-order valence-electron chi connectivity index (χ0n) is 17.1. The van der Waals surface area contributed by atoms with E-state index in [1.165, 1.54) is 32.6 Å². The fourth-order valence-electron chi connectivity index (χ4n) is 3.34. The molecule has 1 saturated heterocycles. The lowest BCUT2D eigenvalue weighted by atomic mass is 9.93. The molecule has 1 unspecified atom stereocenters. The zero-order chi connectivity index (χ0) is 20.0. The van der Waals surface area contributed by atoms with Crippen LogP contribution in [-0.4, -0.2) is 70.3 Å². The smallest absolute Gasteiger partial charge is 0.242 e. The van der Waals surface area contributed by atoms with Crippen molar-refractivity contribution >= 4 is 34.0 Å². The molecule has 9 heteroatoms. The van der Waals surface area contributed by atoms with Gasteiger partial charge in [-0.15, -0.1) is 12.4 Å². The third-order valence-corrected chi connectivity index (χ3v) is 7.07. The number of carbonyl (C=O) groups is 1. The van der Waals surface area contributed by atoms with Crippen molar-refractivity contribution in [1.29, 1.82) is 0 Å². The van der Waals surface area contributed by atoms with E-state index in [0.29, 0.717) is 5.69 Å². The summed E-state index contributed by atoms with van der Waals surface area (Å²) in [5.74, 6) is 0.611. The van der Waals surface area contributed by atoms with E-state index in [4.69, 9.17) is 0 Å². The van der Waals surface area contributed by atoms with Gasteiger partial charge in [0.1, 0.15) is 0 Å². The number of halogens is 1. The van der Waals surface area contributed by atoms with Crippen LogP contribution in [0.5, 0.6) is 0 Å². The summed E-state index contributed by atoms with van der Waals surface area (Å²) >= 11 is 0.